The van der Waals surface area contributed by atoms with Gasteiger partial charge in [0.15, 0.2) is 5.75 Å². The summed E-state index contributed by atoms with van der Waals surface area (Å²) in [6.45, 7) is 6.92. The van der Waals surface area contributed by atoms with Gasteiger partial charge in [0.2, 0.25) is 0 Å². The normalized spacial score (nSPS) is 11.2. The molecule has 10 nitrogen and oxygen atoms in total. The lowest BCUT2D eigenvalue weighted by molar-refractivity contribution is -0.385. The second kappa shape index (κ2) is 9.63. The predicted octanol–water partition coefficient (Wildman–Crippen LogP) is 4.63. The number of amides is 1. The number of carbonyl (C=O) groups is 1. The Labute approximate surface area is 189 Å². The Balaban J connectivity index is 1.79. The summed E-state index contributed by atoms with van der Waals surface area (Å²) < 4.78 is 24.2. The van der Waals surface area contributed by atoms with E-state index in [0.717, 1.165) is 0 Å². The molecule has 1 heterocycles. The van der Waals surface area contributed by atoms with Crippen molar-refractivity contribution in [3.8, 4) is 5.75 Å². The fourth-order valence-electron chi connectivity index (χ4n) is 2.92. The van der Waals surface area contributed by atoms with E-state index >= 15 is 0 Å². The molecule has 0 spiro atoms. The van der Waals surface area contributed by atoms with Crippen molar-refractivity contribution in [1.29, 1.82) is 0 Å². The third kappa shape index (κ3) is 6.25. The first-order valence-electron chi connectivity index (χ1n) is 10.1. The molecule has 3 rings (SSSR count). The van der Waals surface area contributed by atoms with E-state index in [4.69, 9.17) is 9.47 Å². The molecule has 0 bridgehead atoms. The predicted molar refractivity (Wildman–Crippen MR) is 120 cm³/mol. The third-order valence-electron chi connectivity index (χ3n) is 4.36. The Morgan fingerprint density at radius 3 is 2.64 bits per heavy atom. The molecule has 0 aliphatic heterocycles. The zero-order valence-electron chi connectivity index (χ0n) is 18.6. The van der Waals surface area contributed by atoms with Crippen LogP contribution < -0.4 is 15.4 Å². The largest absolute Gasteiger partial charge is 0.485 e. The maximum Gasteiger partial charge on any atom is 0.407 e. The van der Waals surface area contributed by atoms with Gasteiger partial charge in [-0.15, -0.1) is 0 Å². The summed E-state index contributed by atoms with van der Waals surface area (Å²) in [5, 5.41) is 17.6. The van der Waals surface area contributed by atoms with Crippen molar-refractivity contribution in [2.75, 3.05) is 18.5 Å². The number of alkyl carbamates (subject to hydrolysis) is 1. The average Bonchev–Trinajstić information content (AvgIpc) is 2.72. The van der Waals surface area contributed by atoms with Crippen LogP contribution in [-0.4, -0.2) is 39.7 Å². The quantitative estimate of drug-likeness (QED) is 0.298. The van der Waals surface area contributed by atoms with Gasteiger partial charge in [0, 0.05) is 17.8 Å². The molecule has 3 aromatic rings. The van der Waals surface area contributed by atoms with E-state index < -0.39 is 16.6 Å². The number of hydrogen-bond donors (Lipinski definition) is 2. The van der Waals surface area contributed by atoms with Gasteiger partial charge < -0.3 is 20.1 Å². The lowest BCUT2D eigenvalue weighted by Gasteiger charge is -2.19. The minimum Gasteiger partial charge on any atom is -0.485 e. The lowest BCUT2D eigenvalue weighted by Crippen LogP contribution is -2.34. The van der Waals surface area contributed by atoms with Crippen LogP contribution in [0.2, 0.25) is 0 Å². The smallest absolute Gasteiger partial charge is 0.407 e. The summed E-state index contributed by atoms with van der Waals surface area (Å²) in [5.41, 5.74) is 0.505. The summed E-state index contributed by atoms with van der Waals surface area (Å²) in [5.74, 6) is -0.0142. The summed E-state index contributed by atoms with van der Waals surface area (Å²) >= 11 is 0. The van der Waals surface area contributed by atoms with E-state index in [0.29, 0.717) is 28.0 Å². The zero-order valence-corrected chi connectivity index (χ0v) is 18.6. The third-order valence-corrected chi connectivity index (χ3v) is 4.36. The zero-order chi connectivity index (χ0) is 24.2. The number of nitrogens with zero attached hydrogens (tertiary/aromatic N) is 3. The van der Waals surface area contributed by atoms with E-state index in [1.807, 2.05) is 0 Å². The van der Waals surface area contributed by atoms with Crippen LogP contribution in [0, 0.1) is 22.9 Å². The molecule has 2 aromatic carbocycles. The van der Waals surface area contributed by atoms with Crippen LogP contribution in [0.4, 0.5) is 26.4 Å². The molecule has 0 unspecified atom stereocenters. The van der Waals surface area contributed by atoms with Gasteiger partial charge in [-0.2, -0.15) is 0 Å². The van der Waals surface area contributed by atoms with Crippen molar-refractivity contribution >= 4 is 34.2 Å². The van der Waals surface area contributed by atoms with Crippen LogP contribution in [0.1, 0.15) is 26.3 Å². The molecule has 33 heavy (non-hydrogen) atoms. The number of ether oxygens (including phenoxy) is 2. The minimum atomic E-state index is -0.639. The molecule has 0 fully saturated rings. The number of aromatic nitrogens is 2. The van der Waals surface area contributed by atoms with Crippen LogP contribution in [0.5, 0.6) is 5.75 Å². The molecule has 0 atom stereocenters. The van der Waals surface area contributed by atoms with Crippen molar-refractivity contribution in [3.63, 3.8) is 0 Å². The van der Waals surface area contributed by atoms with Crippen LogP contribution in [-0.2, 0) is 4.74 Å². The molecule has 0 aliphatic rings. The van der Waals surface area contributed by atoms with E-state index in [9.17, 15) is 19.3 Å². The molecular weight excluding hydrogens is 433 g/mol. The molecule has 174 valence electrons. The number of fused-ring (bicyclic) bond motifs is 1. The van der Waals surface area contributed by atoms with Crippen molar-refractivity contribution in [2.45, 2.75) is 33.3 Å². The van der Waals surface area contributed by atoms with E-state index in [2.05, 4.69) is 20.6 Å². The Morgan fingerprint density at radius 2 is 1.97 bits per heavy atom. The Kier molecular flexibility index (Phi) is 6.90. The highest BCUT2D eigenvalue weighted by Gasteiger charge is 2.20. The Morgan fingerprint density at radius 1 is 1.21 bits per heavy atom. The fraction of sp³-hybridized carbons (Fsp3) is 0.318. The van der Waals surface area contributed by atoms with Gasteiger partial charge in [0.1, 0.15) is 30.2 Å². The Bertz CT molecular complexity index is 1200. The summed E-state index contributed by atoms with van der Waals surface area (Å²) in [4.78, 5) is 31.1. The van der Waals surface area contributed by atoms with Gasteiger partial charge >= 0.3 is 11.8 Å². The topological polar surface area (TPSA) is 129 Å². The van der Waals surface area contributed by atoms with Gasteiger partial charge in [0.25, 0.3) is 0 Å². The molecule has 0 saturated carbocycles. The average molecular weight is 457 g/mol. The highest BCUT2D eigenvalue weighted by molar-refractivity contribution is 5.93. The van der Waals surface area contributed by atoms with Crippen molar-refractivity contribution in [3.05, 3.63) is 58.2 Å². The molecule has 0 saturated heterocycles. The fourth-order valence-corrected chi connectivity index (χ4v) is 2.92. The number of hydrogen-bond acceptors (Lipinski definition) is 8. The highest BCUT2D eigenvalue weighted by atomic mass is 19.1. The van der Waals surface area contributed by atoms with Crippen molar-refractivity contribution in [2.24, 2.45) is 0 Å². The summed E-state index contributed by atoms with van der Waals surface area (Å²) in [6.07, 6.45) is 0.694. The second-order valence-corrected chi connectivity index (χ2v) is 8.18. The number of nitrogens with one attached hydrogen (secondary N) is 2. The Hall–Kier alpha value is -4.02. The first-order valence-corrected chi connectivity index (χ1v) is 10.1. The van der Waals surface area contributed by atoms with Gasteiger partial charge in [-0.25, -0.2) is 19.2 Å². The van der Waals surface area contributed by atoms with Crippen LogP contribution in [0.3, 0.4) is 0 Å². The second-order valence-electron chi connectivity index (χ2n) is 8.18. The number of anilines is 2. The first kappa shape index (κ1) is 23.6. The van der Waals surface area contributed by atoms with E-state index in [1.54, 1.807) is 39.8 Å². The lowest BCUT2D eigenvalue weighted by atomic mass is 10.1. The van der Waals surface area contributed by atoms with Crippen molar-refractivity contribution < 1.29 is 23.6 Å². The number of aryl methyl sites for hydroxylation is 1. The maximum absolute atomic E-state index is 13.5. The van der Waals surface area contributed by atoms with Gasteiger partial charge in [0.05, 0.1) is 22.4 Å². The number of rotatable bonds is 7. The summed E-state index contributed by atoms with van der Waals surface area (Å²) in [7, 11) is 0. The van der Waals surface area contributed by atoms with Crippen LogP contribution in [0.25, 0.3) is 10.9 Å². The monoisotopic (exact) mass is 457 g/mol. The maximum atomic E-state index is 13.5. The van der Waals surface area contributed by atoms with Gasteiger partial charge in [-0.05, 0) is 51.5 Å². The van der Waals surface area contributed by atoms with E-state index in [1.165, 1.54) is 24.5 Å². The summed E-state index contributed by atoms with van der Waals surface area (Å²) in [6, 6.07) is 7.21. The highest BCUT2D eigenvalue weighted by Crippen LogP contribution is 2.34. The molecule has 0 radical (unpaired) electrons. The van der Waals surface area contributed by atoms with Gasteiger partial charge in [-0.1, -0.05) is 0 Å². The van der Waals surface area contributed by atoms with Gasteiger partial charge in [-0.3, -0.25) is 10.1 Å². The number of benzene rings is 2. The van der Waals surface area contributed by atoms with Crippen LogP contribution in [0.15, 0.2) is 36.7 Å². The van der Waals surface area contributed by atoms with E-state index in [-0.39, 0.29) is 30.4 Å². The standard InChI is InChI=1S/C22H24FN5O5/c1-13-9-14(5-6-16(13)23)27-20-15-10-18(28(30)31)19(11-17(15)25-12-26-20)32-8-7-24-21(29)33-22(2,3)4/h5-6,9-12H,7-8H2,1-4H3,(H,24,29)(H,25,26,27). The number of carbonyl (C=O) groups excluding carboxylic acids is 1. The first-order chi connectivity index (χ1) is 15.5. The number of nitro benzene ring substituents is 1. The number of nitro groups is 1. The molecular formula is C22H24FN5O5. The molecule has 2 N–H and O–H groups in total. The molecule has 11 heteroatoms. The molecule has 1 amide bonds. The molecule has 0 aliphatic carbocycles. The minimum absolute atomic E-state index is 0.000709. The number of halogens is 1. The van der Waals surface area contributed by atoms with Crippen LogP contribution >= 0.6 is 0 Å². The SMILES string of the molecule is Cc1cc(Nc2ncnc3cc(OCCNC(=O)OC(C)(C)C)c([N+](=O)[O-])cc23)ccc1F. The van der Waals surface area contributed by atoms with Crippen molar-refractivity contribution in [1.82, 2.24) is 15.3 Å². The molecule has 1 aromatic heterocycles.